The van der Waals surface area contributed by atoms with Crippen LogP contribution in [0.15, 0.2) is 23.2 Å². The zero-order chi connectivity index (χ0) is 19.8. The third-order valence-corrected chi connectivity index (χ3v) is 4.96. The molecule has 0 radical (unpaired) electrons. The summed E-state index contributed by atoms with van der Waals surface area (Å²) in [5, 5.41) is 6.48. The number of aryl methyl sites for hydroxylation is 1. The van der Waals surface area contributed by atoms with Crippen LogP contribution in [0.2, 0.25) is 0 Å². The lowest BCUT2D eigenvalue weighted by atomic mass is 10.1. The van der Waals surface area contributed by atoms with Gasteiger partial charge in [-0.2, -0.15) is 0 Å². The number of likely N-dealkylation sites (N-methyl/N-ethyl adjacent to an activating group) is 2. The minimum atomic E-state index is -0.211. The van der Waals surface area contributed by atoms with Crippen molar-refractivity contribution in [3.05, 3.63) is 35.1 Å². The van der Waals surface area contributed by atoms with E-state index in [2.05, 4.69) is 27.4 Å². The lowest BCUT2D eigenvalue weighted by Crippen LogP contribution is -2.47. The van der Waals surface area contributed by atoms with E-state index in [4.69, 9.17) is 0 Å². The van der Waals surface area contributed by atoms with Crippen molar-refractivity contribution < 1.29 is 9.18 Å². The number of halogens is 1. The van der Waals surface area contributed by atoms with Gasteiger partial charge in [0.1, 0.15) is 5.82 Å². The minimum absolute atomic E-state index is 0.0156. The first-order valence-electron chi connectivity index (χ1n) is 9.62. The maximum absolute atomic E-state index is 13.4. The predicted molar refractivity (Wildman–Crippen MR) is 107 cm³/mol. The molecule has 27 heavy (non-hydrogen) atoms. The molecule has 2 rings (SSSR count). The number of likely N-dealkylation sites (tertiary alicyclic amines) is 1. The van der Waals surface area contributed by atoms with Crippen LogP contribution in [0.1, 0.15) is 30.9 Å². The summed E-state index contributed by atoms with van der Waals surface area (Å²) >= 11 is 0. The van der Waals surface area contributed by atoms with Gasteiger partial charge < -0.3 is 15.5 Å². The lowest BCUT2D eigenvalue weighted by Gasteiger charge is -2.24. The third-order valence-electron chi connectivity index (χ3n) is 4.96. The largest absolute Gasteiger partial charge is 0.355 e. The molecule has 1 amide bonds. The van der Waals surface area contributed by atoms with Crippen molar-refractivity contribution in [1.82, 2.24) is 20.4 Å². The molecule has 1 saturated heterocycles. The highest BCUT2D eigenvalue weighted by Crippen LogP contribution is 2.15. The molecule has 1 atom stereocenters. The van der Waals surface area contributed by atoms with Crippen LogP contribution in [0.25, 0.3) is 0 Å². The average molecular weight is 378 g/mol. The summed E-state index contributed by atoms with van der Waals surface area (Å²) in [5.74, 6) is 0.380. The molecule has 0 aliphatic carbocycles. The van der Waals surface area contributed by atoms with Crippen LogP contribution in [0.5, 0.6) is 0 Å². The molecule has 0 saturated carbocycles. The van der Waals surface area contributed by atoms with Crippen LogP contribution in [0, 0.1) is 12.7 Å². The number of guanidine groups is 1. The highest BCUT2D eigenvalue weighted by Gasteiger charge is 2.22. The quantitative estimate of drug-likeness (QED) is 0.561. The molecular weight excluding hydrogens is 345 g/mol. The van der Waals surface area contributed by atoms with E-state index in [1.54, 1.807) is 38.1 Å². The lowest BCUT2D eigenvalue weighted by molar-refractivity contribution is -0.127. The first-order chi connectivity index (χ1) is 12.9. The van der Waals surface area contributed by atoms with Crippen molar-refractivity contribution >= 4 is 11.9 Å². The molecule has 2 N–H and O–H groups in total. The van der Waals surface area contributed by atoms with Crippen molar-refractivity contribution in [3.63, 3.8) is 0 Å². The Hall–Kier alpha value is -2.15. The number of nitrogens with zero attached hydrogens (tertiary/aromatic N) is 3. The first-order valence-corrected chi connectivity index (χ1v) is 9.62. The number of rotatable bonds is 7. The van der Waals surface area contributed by atoms with E-state index in [0.717, 1.165) is 25.2 Å². The normalized spacial score (nSPS) is 17.8. The van der Waals surface area contributed by atoms with E-state index in [1.165, 1.54) is 18.9 Å². The molecule has 1 unspecified atom stereocenters. The molecule has 1 heterocycles. The van der Waals surface area contributed by atoms with E-state index in [0.29, 0.717) is 24.1 Å². The smallest absolute Gasteiger partial charge is 0.241 e. The van der Waals surface area contributed by atoms with Gasteiger partial charge in [0.05, 0.1) is 13.1 Å². The molecule has 1 fully saturated rings. The molecule has 6 nitrogen and oxygen atoms in total. The first kappa shape index (κ1) is 21.2. The van der Waals surface area contributed by atoms with Crippen LogP contribution in [0.3, 0.4) is 0 Å². The second kappa shape index (κ2) is 10.3. The summed E-state index contributed by atoms with van der Waals surface area (Å²) in [4.78, 5) is 20.5. The fourth-order valence-electron chi connectivity index (χ4n) is 3.22. The van der Waals surface area contributed by atoms with Crippen molar-refractivity contribution in [3.8, 4) is 0 Å². The standard InChI is InChI=1S/C20H32FN5O/c1-5-26-10-6-7-17(26)13-23-20(24-14-19(27)25(3)4)22-12-16-8-9-18(21)15(2)11-16/h8-9,11,17H,5-7,10,12-14H2,1-4H3,(H2,22,23,24). The van der Waals surface area contributed by atoms with Crippen LogP contribution in [-0.4, -0.2) is 68.0 Å². The van der Waals surface area contributed by atoms with Gasteiger partial charge in [0, 0.05) is 26.7 Å². The molecule has 0 aromatic heterocycles. The highest BCUT2D eigenvalue weighted by molar-refractivity contribution is 5.86. The second-order valence-corrected chi connectivity index (χ2v) is 7.20. The topological polar surface area (TPSA) is 60.0 Å². The Morgan fingerprint density at radius 1 is 1.37 bits per heavy atom. The van der Waals surface area contributed by atoms with E-state index in [-0.39, 0.29) is 18.3 Å². The number of aliphatic imine (C=N–C) groups is 1. The van der Waals surface area contributed by atoms with Gasteiger partial charge in [-0.3, -0.25) is 9.69 Å². The molecule has 1 aliphatic heterocycles. The fraction of sp³-hybridized carbons (Fsp3) is 0.600. The molecule has 0 bridgehead atoms. The number of nitrogens with one attached hydrogen (secondary N) is 2. The van der Waals surface area contributed by atoms with Gasteiger partial charge in [-0.1, -0.05) is 19.1 Å². The summed E-state index contributed by atoms with van der Waals surface area (Å²) in [7, 11) is 3.46. The van der Waals surface area contributed by atoms with Gasteiger partial charge in [0.2, 0.25) is 5.91 Å². The Kier molecular flexibility index (Phi) is 8.03. The third kappa shape index (κ3) is 6.50. The number of carbonyl (C=O) groups excluding carboxylic acids is 1. The van der Waals surface area contributed by atoms with E-state index >= 15 is 0 Å². The van der Waals surface area contributed by atoms with Gasteiger partial charge in [0.15, 0.2) is 5.96 Å². The summed E-state index contributed by atoms with van der Waals surface area (Å²) in [5.41, 5.74) is 1.54. The Balaban J connectivity index is 2.00. The number of carbonyl (C=O) groups is 1. The maximum atomic E-state index is 13.4. The van der Waals surface area contributed by atoms with Gasteiger partial charge in [0.25, 0.3) is 0 Å². The summed E-state index contributed by atoms with van der Waals surface area (Å²) in [6.45, 7) is 7.50. The SMILES string of the molecule is CCN1CCCC1CNC(=NCc1ccc(F)c(C)c1)NCC(=O)N(C)C. The van der Waals surface area contributed by atoms with E-state index in [9.17, 15) is 9.18 Å². The monoisotopic (exact) mass is 377 g/mol. The predicted octanol–water partition coefficient (Wildman–Crippen LogP) is 1.74. The van der Waals surface area contributed by atoms with E-state index in [1.807, 2.05) is 0 Å². The molecule has 1 aliphatic rings. The van der Waals surface area contributed by atoms with Gasteiger partial charge in [-0.15, -0.1) is 0 Å². The zero-order valence-corrected chi connectivity index (χ0v) is 16.9. The van der Waals surface area contributed by atoms with E-state index < -0.39 is 0 Å². The van der Waals surface area contributed by atoms with Crippen LogP contribution < -0.4 is 10.6 Å². The zero-order valence-electron chi connectivity index (χ0n) is 16.9. The number of benzene rings is 1. The van der Waals surface area contributed by atoms with Gasteiger partial charge >= 0.3 is 0 Å². The number of hydrogen-bond donors (Lipinski definition) is 2. The Labute approximate surface area is 161 Å². The minimum Gasteiger partial charge on any atom is -0.355 e. The molecule has 1 aromatic carbocycles. The van der Waals surface area contributed by atoms with Crippen molar-refractivity contribution in [2.75, 3.05) is 40.3 Å². The van der Waals surface area contributed by atoms with Crippen molar-refractivity contribution in [2.45, 2.75) is 39.3 Å². The van der Waals surface area contributed by atoms with Crippen LogP contribution >= 0.6 is 0 Å². The summed E-state index contributed by atoms with van der Waals surface area (Å²) < 4.78 is 13.4. The van der Waals surface area contributed by atoms with Crippen LogP contribution in [0.4, 0.5) is 4.39 Å². The maximum Gasteiger partial charge on any atom is 0.241 e. The second-order valence-electron chi connectivity index (χ2n) is 7.20. The number of amides is 1. The van der Waals surface area contributed by atoms with Crippen molar-refractivity contribution in [2.24, 2.45) is 4.99 Å². The molecule has 150 valence electrons. The molecular formula is C20H32FN5O. The Morgan fingerprint density at radius 3 is 2.81 bits per heavy atom. The summed E-state index contributed by atoms with van der Waals surface area (Å²) in [6.07, 6.45) is 2.38. The number of hydrogen-bond acceptors (Lipinski definition) is 3. The Morgan fingerprint density at radius 2 is 2.15 bits per heavy atom. The average Bonchev–Trinajstić information content (AvgIpc) is 3.11. The van der Waals surface area contributed by atoms with Gasteiger partial charge in [-0.05, 0) is 50.0 Å². The van der Waals surface area contributed by atoms with Crippen molar-refractivity contribution in [1.29, 1.82) is 0 Å². The summed E-state index contributed by atoms with van der Waals surface area (Å²) in [6, 6.07) is 5.50. The highest BCUT2D eigenvalue weighted by atomic mass is 19.1. The molecule has 1 aromatic rings. The fourth-order valence-corrected chi connectivity index (χ4v) is 3.22. The van der Waals surface area contributed by atoms with Gasteiger partial charge in [-0.25, -0.2) is 9.38 Å². The molecule has 0 spiro atoms. The Bertz CT molecular complexity index is 662. The molecule has 7 heteroatoms. The van der Waals surface area contributed by atoms with Crippen LogP contribution in [-0.2, 0) is 11.3 Å².